The monoisotopic (exact) mass is 488 g/mol. The van der Waals surface area contributed by atoms with Gasteiger partial charge in [-0.1, -0.05) is 78.9 Å². The minimum Gasteiger partial charge on any atom is -0.300 e. The summed E-state index contributed by atoms with van der Waals surface area (Å²) in [4.78, 5) is 16.9. The Morgan fingerprint density at radius 1 is 0.824 bits per heavy atom. The van der Waals surface area contributed by atoms with Gasteiger partial charge in [0.15, 0.2) is 0 Å². The van der Waals surface area contributed by atoms with E-state index in [0.717, 1.165) is 50.3 Å². The summed E-state index contributed by atoms with van der Waals surface area (Å²) in [6.45, 7) is 4.93. The van der Waals surface area contributed by atoms with Gasteiger partial charge in [0.05, 0.1) is 6.04 Å². The van der Waals surface area contributed by atoms with Gasteiger partial charge in [-0.15, -0.1) is 23.7 Å². The molecule has 0 amide bonds. The van der Waals surface area contributed by atoms with Gasteiger partial charge < -0.3 is 4.90 Å². The zero-order valence-electron chi connectivity index (χ0n) is 19.1. The highest BCUT2D eigenvalue weighted by atomic mass is 35.5. The molecular formula is C29H29ClN2OS. The molecule has 5 heteroatoms. The first-order valence-electron chi connectivity index (χ1n) is 11.6. The number of rotatable bonds is 7. The van der Waals surface area contributed by atoms with E-state index >= 15 is 0 Å². The molecule has 4 aromatic rings. The largest absolute Gasteiger partial charge is 0.300 e. The smallest absolute Gasteiger partial charge is 0.128 e. The van der Waals surface area contributed by atoms with Gasteiger partial charge in [0.2, 0.25) is 0 Å². The van der Waals surface area contributed by atoms with Crippen molar-refractivity contribution in [3.63, 3.8) is 0 Å². The maximum absolute atomic E-state index is 11.8. The molecule has 0 radical (unpaired) electrons. The molecule has 0 saturated carbocycles. The fraction of sp³-hybridized carbons (Fsp3) is 0.241. The third-order valence-electron chi connectivity index (χ3n) is 6.61. The fourth-order valence-corrected chi connectivity index (χ4v) is 5.83. The van der Waals surface area contributed by atoms with E-state index in [2.05, 4.69) is 93.9 Å². The Hall–Kier alpha value is -2.72. The number of nitrogens with zero attached hydrogens (tertiary/aromatic N) is 2. The highest BCUT2D eigenvalue weighted by Crippen LogP contribution is 2.32. The van der Waals surface area contributed by atoms with Crippen LogP contribution in [0, 0.1) is 0 Å². The molecule has 0 unspecified atom stereocenters. The molecule has 1 aromatic heterocycles. The summed E-state index contributed by atoms with van der Waals surface area (Å²) in [5.41, 5.74) is 4.53. The van der Waals surface area contributed by atoms with Crippen LogP contribution in [0.3, 0.4) is 0 Å². The zero-order chi connectivity index (χ0) is 22.5. The van der Waals surface area contributed by atoms with Gasteiger partial charge in [-0.3, -0.25) is 4.90 Å². The average molecular weight is 489 g/mol. The summed E-state index contributed by atoms with van der Waals surface area (Å²) in [7, 11) is 0. The van der Waals surface area contributed by atoms with Crippen LogP contribution >= 0.6 is 23.7 Å². The number of carbonyl (C=O) groups excluding carboxylic acids is 1. The fourth-order valence-electron chi connectivity index (χ4n) is 4.85. The topological polar surface area (TPSA) is 23.6 Å². The van der Waals surface area contributed by atoms with Crippen LogP contribution in [0.2, 0.25) is 0 Å². The lowest BCUT2D eigenvalue weighted by Gasteiger charge is -2.39. The first kappa shape index (κ1) is 24.4. The van der Waals surface area contributed by atoms with Crippen LogP contribution in [0.5, 0.6) is 0 Å². The van der Waals surface area contributed by atoms with E-state index in [1.165, 1.54) is 21.2 Å². The molecule has 0 bridgehead atoms. The third-order valence-corrected chi connectivity index (χ3v) is 7.57. The normalized spacial score (nSPS) is 14.6. The third kappa shape index (κ3) is 5.33. The molecule has 174 valence electrons. The Bertz CT molecular complexity index is 1200. The van der Waals surface area contributed by atoms with E-state index in [4.69, 9.17) is 0 Å². The molecule has 0 aliphatic carbocycles. The molecular weight excluding hydrogens is 460 g/mol. The van der Waals surface area contributed by atoms with Crippen molar-refractivity contribution in [2.45, 2.75) is 12.5 Å². The molecule has 34 heavy (non-hydrogen) atoms. The van der Waals surface area contributed by atoms with Gasteiger partial charge >= 0.3 is 0 Å². The van der Waals surface area contributed by atoms with Crippen molar-refractivity contribution in [3.05, 3.63) is 107 Å². The second-order valence-electron chi connectivity index (χ2n) is 8.58. The van der Waals surface area contributed by atoms with Crippen molar-refractivity contribution in [1.29, 1.82) is 0 Å². The number of piperazine rings is 1. The average Bonchev–Trinajstić information content (AvgIpc) is 3.31. The molecule has 0 spiro atoms. The summed E-state index contributed by atoms with van der Waals surface area (Å²) >= 11 is 1.70. The van der Waals surface area contributed by atoms with Gasteiger partial charge in [-0.2, -0.15) is 0 Å². The lowest BCUT2D eigenvalue weighted by atomic mass is 9.96. The molecule has 0 atom stereocenters. The van der Waals surface area contributed by atoms with E-state index in [-0.39, 0.29) is 18.4 Å². The number of fused-ring (bicyclic) bond motifs is 1. The minimum atomic E-state index is 0. The van der Waals surface area contributed by atoms with E-state index in [9.17, 15) is 4.79 Å². The Kier molecular flexibility index (Phi) is 8.34. The predicted octanol–water partition coefficient (Wildman–Crippen LogP) is 6.34. The van der Waals surface area contributed by atoms with Crippen LogP contribution < -0.4 is 0 Å². The van der Waals surface area contributed by atoms with Crippen molar-refractivity contribution in [1.82, 2.24) is 9.80 Å². The van der Waals surface area contributed by atoms with Gasteiger partial charge in [-0.05, 0) is 23.6 Å². The summed E-state index contributed by atoms with van der Waals surface area (Å²) in [6.07, 6.45) is 0.741. The molecule has 1 saturated heterocycles. The Balaban J connectivity index is 0.00000274. The molecule has 3 nitrogen and oxygen atoms in total. The molecule has 3 aromatic carbocycles. The maximum Gasteiger partial charge on any atom is 0.128 e. The van der Waals surface area contributed by atoms with Crippen LogP contribution in [-0.2, 0) is 4.79 Å². The summed E-state index contributed by atoms with van der Waals surface area (Å²) in [5.74, 6) is 2.24. The van der Waals surface area contributed by atoms with E-state index < -0.39 is 0 Å². The Labute approximate surface area is 211 Å². The van der Waals surface area contributed by atoms with Gasteiger partial charge in [0.1, 0.15) is 5.94 Å². The molecule has 1 fully saturated rings. The zero-order valence-corrected chi connectivity index (χ0v) is 20.7. The van der Waals surface area contributed by atoms with Crippen molar-refractivity contribution < 1.29 is 4.79 Å². The highest BCUT2D eigenvalue weighted by molar-refractivity contribution is 7.17. The number of hydrogen-bond donors (Lipinski definition) is 0. The lowest BCUT2D eigenvalue weighted by Crippen LogP contribution is -2.48. The van der Waals surface area contributed by atoms with Crippen LogP contribution in [0.1, 0.15) is 29.2 Å². The number of thiophene rings is 1. The lowest BCUT2D eigenvalue weighted by molar-refractivity contribution is 0.111. The van der Waals surface area contributed by atoms with E-state index in [1.807, 2.05) is 12.1 Å². The summed E-state index contributed by atoms with van der Waals surface area (Å²) in [6, 6.07) is 30.2. The minimum absolute atomic E-state index is 0. The standard InChI is InChI=1S/C29H28N2OS.ClH/c32-21-25(27-22-33-28-14-8-7-13-26(27)28)15-16-30-17-19-31(20-18-30)29(23-9-3-1-4-10-23)24-11-5-2-6-12-24;/h1-14,22,29H,15-20H2;1H. The predicted molar refractivity (Wildman–Crippen MR) is 146 cm³/mol. The molecule has 5 rings (SSSR count). The van der Waals surface area contributed by atoms with E-state index in [1.54, 1.807) is 11.3 Å². The first-order valence-corrected chi connectivity index (χ1v) is 12.5. The van der Waals surface area contributed by atoms with E-state index in [0.29, 0.717) is 0 Å². The second-order valence-corrected chi connectivity index (χ2v) is 9.49. The van der Waals surface area contributed by atoms with Gasteiger partial charge in [0.25, 0.3) is 0 Å². The number of halogens is 1. The van der Waals surface area contributed by atoms with Crippen LogP contribution in [0.4, 0.5) is 0 Å². The Morgan fingerprint density at radius 3 is 2.03 bits per heavy atom. The van der Waals surface area contributed by atoms with Crippen LogP contribution in [0.15, 0.2) is 90.3 Å². The summed E-state index contributed by atoms with van der Waals surface area (Å²) < 4.78 is 1.22. The van der Waals surface area contributed by atoms with Crippen LogP contribution in [0.25, 0.3) is 15.7 Å². The number of benzene rings is 3. The highest BCUT2D eigenvalue weighted by Gasteiger charge is 2.26. The second kappa shape index (κ2) is 11.6. The van der Waals surface area contributed by atoms with Gasteiger partial charge in [0, 0.05) is 59.3 Å². The van der Waals surface area contributed by atoms with Crippen LogP contribution in [-0.4, -0.2) is 48.5 Å². The van der Waals surface area contributed by atoms with Crippen molar-refractivity contribution in [2.75, 3.05) is 32.7 Å². The van der Waals surface area contributed by atoms with Crippen molar-refractivity contribution in [2.24, 2.45) is 0 Å². The van der Waals surface area contributed by atoms with Gasteiger partial charge in [-0.25, -0.2) is 4.79 Å². The Morgan fingerprint density at radius 2 is 1.41 bits per heavy atom. The molecule has 1 aliphatic rings. The molecule has 0 N–H and O–H groups in total. The van der Waals surface area contributed by atoms with Crippen molar-refractivity contribution >= 4 is 45.3 Å². The SMILES string of the molecule is Cl.O=C=C(CCN1CCN(C(c2ccccc2)c2ccccc2)CC1)c1csc2ccccc12. The molecule has 1 aliphatic heterocycles. The maximum atomic E-state index is 11.8. The number of hydrogen-bond acceptors (Lipinski definition) is 4. The summed E-state index contributed by atoms with van der Waals surface area (Å²) in [5, 5.41) is 3.27. The molecule has 2 heterocycles. The first-order chi connectivity index (χ1) is 16.3. The van der Waals surface area contributed by atoms with Crippen molar-refractivity contribution in [3.8, 4) is 0 Å². The quantitative estimate of drug-likeness (QED) is 0.284.